The van der Waals surface area contributed by atoms with Crippen LogP contribution in [0.15, 0.2) is 60.3 Å². The van der Waals surface area contributed by atoms with Crippen molar-refractivity contribution in [1.82, 2.24) is 9.80 Å². The van der Waals surface area contributed by atoms with Gasteiger partial charge in [-0.1, -0.05) is 67.1 Å². The van der Waals surface area contributed by atoms with E-state index < -0.39 is 0 Å². The van der Waals surface area contributed by atoms with Crippen LogP contribution in [0.2, 0.25) is 0 Å². The van der Waals surface area contributed by atoms with E-state index in [1.54, 1.807) is 0 Å². The Kier molecular flexibility index (Phi) is 5.21. The van der Waals surface area contributed by atoms with Crippen LogP contribution < -0.4 is 0 Å². The molecule has 134 valence electrons. The summed E-state index contributed by atoms with van der Waals surface area (Å²) in [5, 5.41) is 0. The molecule has 0 radical (unpaired) electrons. The highest BCUT2D eigenvalue weighted by molar-refractivity contribution is 6.35. The summed E-state index contributed by atoms with van der Waals surface area (Å²) >= 11 is 0. The first-order chi connectivity index (χ1) is 12.5. The quantitative estimate of drug-likeness (QED) is 0.749. The van der Waals surface area contributed by atoms with Crippen molar-refractivity contribution in [3.05, 3.63) is 77.0 Å². The molecule has 4 heteroatoms. The van der Waals surface area contributed by atoms with Gasteiger partial charge in [-0.05, 0) is 24.5 Å². The van der Waals surface area contributed by atoms with Gasteiger partial charge < -0.3 is 4.90 Å². The van der Waals surface area contributed by atoms with Gasteiger partial charge in [0.2, 0.25) is 0 Å². The predicted molar refractivity (Wildman–Crippen MR) is 103 cm³/mol. The Labute approximate surface area is 154 Å². The Morgan fingerprint density at radius 2 is 1.58 bits per heavy atom. The second kappa shape index (κ2) is 7.56. The molecule has 0 spiro atoms. The first-order valence-electron chi connectivity index (χ1n) is 8.95. The lowest BCUT2D eigenvalue weighted by molar-refractivity contribution is -0.137. The molecule has 4 nitrogen and oxygen atoms in total. The topological polar surface area (TPSA) is 40.6 Å². The van der Waals surface area contributed by atoms with Crippen molar-refractivity contribution in [3.63, 3.8) is 0 Å². The van der Waals surface area contributed by atoms with E-state index in [2.05, 4.69) is 0 Å². The van der Waals surface area contributed by atoms with Gasteiger partial charge in [0.15, 0.2) is 0 Å². The molecule has 0 N–H and O–H groups in total. The second-order valence-electron chi connectivity index (χ2n) is 6.69. The van der Waals surface area contributed by atoms with Crippen LogP contribution in [0.5, 0.6) is 0 Å². The molecule has 2 amide bonds. The summed E-state index contributed by atoms with van der Waals surface area (Å²) in [6.07, 6.45) is 0.744. The predicted octanol–water partition coefficient (Wildman–Crippen LogP) is 3.62. The Morgan fingerprint density at radius 3 is 2.19 bits per heavy atom. The van der Waals surface area contributed by atoms with Crippen LogP contribution in [-0.2, 0) is 16.1 Å². The van der Waals surface area contributed by atoms with Crippen molar-refractivity contribution in [2.75, 3.05) is 13.6 Å². The number of carbonyl (C=O) groups is 2. The van der Waals surface area contributed by atoms with Crippen LogP contribution in [0, 0.1) is 6.92 Å². The Hall–Kier alpha value is -2.88. The molecule has 0 aliphatic carbocycles. The summed E-state index contributed by atoms with van der Waals surface area (Å²) in [7, 11) is 1.87. The second-order valence-corrected chi connectivity index (χ2v) is 6.69. The number of nitrogens with zero attached hydrogens (tertiary/aromatic N) is 2. The van der Waals surface area contributed by atoms with Crippen molar-refractivity contribution in [1.29, 1.82) is 0 Å². The number of carbonyl (C=O) groups excluding carboxylic acids is 2. The van der Waals surface area contributed by atoms with Gasteiger partial charge in [0, 0.05) is 20.1 Å². The molecule has 0 saturated heterocycles. The average molecular weight is 348 g/mol. The maximum atomic E-state index is 13.0. The molecule has 0 aromatic heterocycles. The fourth-order valence-corrected chi connectivity index (χ4v) is 3.26. The summed E-state index contributed by atoms with van der Waals surface area (Å²) in [6.45, 7) is 4.99. The van der Waals surface area contributed by atoms with E-state index in [0.29, 0.717) is 24.4 Å². The van der Waals surface area contributed by atoms with E-state index in [-0.39, 0.29) is 11.8 Å². The van der Waals surface area contributed by atoms with Gasteiger partial charge in [-0.3, -0.25) is 14.5 Å². The number of likely N-dealkylation sites (N-methyl/N-ethyl adjacent to an activating group) is 1. The number of hydrogen-bond donors (Lipinski definition) is 0. The number of imide groups is 1. The molecule has 0 unspecified atom stereocenters. The molecule has 2 aromatic rings. The highest BCUT2D eigenvalue weighted by Crippen LogP contribution is 2.32. The molecule has 26 heavy (non-hydrogen) atoms. The fourth-order valence-electron chi connectivity index (χ4n) is 3.26. The van der Waals surface area contributed by atoms with Gasteiger partial charge in [0.1, 0.15) is 5.70 Å². The van der Waals surface area contributed by atoms with Crippen LogP contribution in [0.3, 0.4) is 0 Å². The normalized spacial score (nSPS) is 14.3. The molecule has 2 aromatic carbocycles. The number of hydrogen-bond acceptors (Lipinski definition) is 3. The zero-order valence-electron chi connectivity index (χ0n) is 15.5. The summed E-state index contributed by atoms with van der Waals surface area (Å²) in [5.74, 6) is -0.401. The third-order valence-corrected chi connectivity index (χ3v) is 4.58. The number of aryl methyl sites for hydroxylation is 1. The maximum Gasteiger partial charge on any atom is 0.277 e. The monoisotopic (exact) mass is 348 g/mol. The van der Waals surface area contributed by atoms with Crippen molar-refractivity contribution >= 4 is 17.4 Å². The van der Waals surface area contributed by atoms with Crippen molar-refractivity contribution in [2.24, 2.45) is 0 Å². The first-order valence-corrected chi connectivity index (χ1v) is 8.95. The van der Waals surface area contributed by atoms with Gasteiger partial charge in [-0.15, -0.1) is 0 Å². The highest BCUT2D eigenvalue weighted by atomic mass is 16.2. The highest BCUT2D eigenvalue weighted by Gasteiger charge is 2.40. The average Bonchev–Trinajstić information content (AvgIpc) is 2.88. The van der Waals surface area contributed by atoms with Crippen LogP contribution in [0.25, 0.3) is 5.57 Å². The minimum absolute atomic E-state index is 0.199. The number of amides is 2. The van der Waals surface area contributed by atoms with Gasteiger partial charge in [0.05, 0.1) is 5.57 Å². The summed E-state index contributed by atoms with van der Waals surface area (Å²) in [4.78, 5) is 29.2. The minimum Gasteiger partial charge on any atom is -0.365 e. The van der Waals surface area contributed by atoms with E-state index in [1.165, 1.54) is 4.90 Å². The van der Waals surface area contributed by atoms with E-state index in [0.717, 1.165) is 23.1 Å². The Morgan fingerprint density at radius 1 is 0.923 bits per heavy atom. The minimum atomic E-state index is -0.203. The smallest absolute Gasteiger partial charge is 0.277 e. The van der Waals surface area contributed by atoms with E-state index in [4.69, 9.17) is 0 Å². The first kappa shape index (κ1) is 17.9. The molecule has 1 aliphatic heterocycles. The van der Waals surface area contributed by atoms with Crippen LogP contribution >= 0.6 is 0 Å². The SMILES string of the molecule is CCCN1C(=O)C(c2ccc(C)cc2)=C(N(C)Cc2ccccc2)C1=O. The van der Waals surface area contributed by atoms with Crippen LogP contribution in [-0.4, -0.2) is 35.2 Å². The number of rotatable bonds is 6. The largest absolute Gasteiger partial charge is 0.365 e. The van der Waals surface area contributed by atoms with E-state index in [9.17, 15) is 9.59 Å². The van der Waals surface area contributed by atoms with Gasteiger partial charge in [0.25, 0.3) is 11.8 Å². The van der Waals surface area contributed by atoms with E-state index in [1.807, 2.05) is 80.4 Å². The summed E-state index contributed by atoms with van der Waals surface area (Å²) in [6, 6.07) is 17.7. The third-order valence-electron chi connectivity index (χ3n) is 4.58. The lowest BCUT2D eigenvalue weighted by Gasteiger charge is -2.21. The molecule has 0 fully saturated rings. The van der Waals surface area contributed by atoms with Gasteiger partial charge in [-0.25, -0.2) is 0 Å². The van der Waals surface area contributed by atoms with Gasteiger partial charge >= 0.3 is 0 Å². The Balaban J connectivity index is 2.03. The van der Waals surface area contributed by atoms with Crippen LogP contribution in [0.4, 0.5) is 0 Å². The summed E-state index contributed by atoms with van der Waals surface area (Å²) < 4.78 is 0. The molecule has 0 bridgehead atoms. The summed E-state index contributed by atoms with van der Waals surface area (Å²) in [5.41, 5.74) is 4.00. The fraction of sp³-hybridized carbons (Fsp3) is 0.273. The maximum absolute atomic E-state index is 13.0. The van der Waals surface area contributed by atoms with Crippen LogP contribution in [0.1, 0.15) is 30.0 Å². The Bertz CT molecular complexity index is 838. The molecular formula is C22H24N2O2. The zero-order valence-corrected chi connectivity index (χ0v) is 15.5. The lowest BCUT2D eigenvalue weighted by atomic mass is 10.0. The molecule has 1 aliphatic rings. The standard InChI is InChI=1S/C22H24N2O2/c1-4-14-24-21(25)19(18-12-10-16(2)11-13-18)20(22(24)26)23(3)15-17-8-6-5-7-9-17/h5-13H,4,14-15H2,1-3H3. The number of benzene rings is 2. The third kappa shape index (κ3) is 3.40. The zero-order chi connectivity index (χ0) is 18.7. The molecule has 3 rings (SSSR count). The van der Waals surface area contributed by atoms with Crippen molar-refractivity contribution in [3.8, 4) is 0 Å². The van der Waals surface area contributed by atoms with Crippen molar-refractivity contribution < 1.29 is 9.59 Å². The molecular weight excluding hydrogens is 324 g/mol. The van der Waals surface area contributed by atoms with Crippen molar-refractivity contribution in [2.45, 2.75) is 26.8 Å². The lowest BCUT2D eigenvalue weighted by Crippen LogP contribution is -2.34. The van der Waals surface area contributed by atoms with E-state index >= 15 is 0 Å². The molecule has 0 saturated carbocycles. The van der Waals surface area contributed by atoms with Gasteiger partial charge in [-0.2, -0.15) is 0 Å². The molecule has 0 atom stereocenters. The molecule has 1 heterocycles.